The molecule has 0 saturated carbocycles. The molecule has 0 unspecified atom stereocenters. The fraction of sp³-hybridized carbons (Fsp3) is 0.0714. The molecule has 0 saturated heterocycles. The molecule has 0 amide bonds. The summed E-state index contributed by atoms with van der Waals surface area (Å²) in [5.41, 5.74) is 2.22. The Balaban J connectivity index is 1.80. The number of para-hydroxylation sites is 1. The minimum atomic E-state index is -0.256. The average Bonchev–Trinajstić information content (AvgIpc) is 2.79. The summed E-state index contributed by atoms with van der Waals surface area (Å²) in [6.07, 6.45) is 3.86. The van der Waals surface area contributed by atoms with Gasteiger partial charge in [0.1, 0.15) is 11.5 Å². The summed E-state index contributed by atoms with van der Waals surface area (Å²) in [4.78, 5) is 4.46. The van der Waals surface area contributed by atoms with E-state index in [0.717, 1.165) is 15.8 Å². The van der Waals surface area contributed by atoms with Crippen LogP contribution in [0.3, 0.4) is 0 Å². The van der Waals surface area contributed by atoms with Crippen LogP contribution in [0.25, 0.3) is 5.65 Å². The molecule has 0 bridgehead atoms. The van der Waals surface area contributed by atoms with Gasteiger partial charge in [0.15, 0.2) is 0 Å². The average molecular weight is 320 g/mol. The number of fused-ring (bicyclic) bond motifs is 1. The van der Waals surface area contributed by atoms with Gasteiger partial charge >= 0.3 is 0 Å². The summed E-state index contributed by atoms with van der Waals surface area (Å²) in [6.45, 7) is 0.486. The van der Waals surface area contributed by atoms with Gasteiger partial charge in [0, 0.05) is 16.9 Å². The zero-order chi connectivity index (χ0) is 13.2. The van der Waals surface area contributed by atoms with Gasteiger partial charge in [-0.3, -0.25) is 0 Å². The van der Waals surface area contributed by atoms with E-state index in [1.807, 2.05) is 28.9 Å². The molecule has 0 fully saturated rings. The second-order valence-corrected chi connectivity index (χ2v) is 5.09. The lowest BCUT2D eigenvalue weighted by molar-refractivity contribution is 0.630. The quantitative estimate of drug-likeness (QED) is 0.794. The van der Waals surface area contributed by atoms with Gasteiger partial charge in [-0.25, -0.2) is 9.37 Å². The molecule has 1 N–H and O–H groups in total. The largest absolute Gasteiger partial charge is 0.377 e. The van der Waals surface area contributed by atoms with Crippen LogP contribution in [-0.2, 0) is 6.54 Å². The number of nitrogens with one attached hydrogen (secondary N) is 1. The van der Waals surface area contributed by atoms with Gasteiger partial charge in [0.05, 0.1) is 17.9 Å². The zero-order valence-electron chi connectivity index (χ0n) is 9.98. The Morgan fingerprint density at radius 2 is 2.00 bits per heavy atom. The number of rotatable bonds is 3. The second kappa shape index (κ2) is 5.01. The smallest absolute Gasteiger partial charge is 0.146 e. The van der Waals surface area contributed by atoms with Crippen LogP contribution in [-0.4, -0.2) is 9.38 Å². The van der Waals surface area contributed by atoms with Gasteiger partial charge in [-0.15, -0.1) is 0 Å². The molecule has 0 aliphatic heterocycles. The van der Waals surface area contributed by atoms with Crippen LogP contribution < -0.4 is 5.32 Å². The van der Waals surface area contributed by atoms with Crippen molar-refractivity contribution in [3.63, 3.8) is 0 Å². The van der Waals surface area contributed by atoms with E-state index in [0.29, 0.717) is 12.2 Å². The Labute approximate surface area is 118 Å². The normalized spacial score (nSPS) is 10.8. The number of imidazole rings is 1. The molecular formula is C14H11BrFN3. The van der Waals surface area contributed by atoms with Crippen LogP contribution in [0.2, 0.25) is 0 Å². The van der Waals surface area contributed by atoms with Gasteiger partial charge < -0.3 is 9.72 Å². The van der Waals surface area contributed by atoms with Crippen LogP contribution in [0, 0.1) is 5.82 Å². The molecule has 19 heavy (non-hydrogen) atoms. The minimum absolute atomic E-state index is 0.256. The Kier molecular flexibility index (Phi) is 3.21. The first-order valence-corrected chi connectivity index (χ1v) is 6.63. The molecule has 3 aromatic rings. The van der Waals surface area contributed by atoms with Crippen LogP contribution >= 0.6 is 15.9 Å². The number of halogens is 2. The summed E-state index contributed by atoms with van der Waals surface area (Å²) in [5.74, 6) is -0.256. The number of aromatic nitrogens is 2. The number of pyridine rings is 1. The number of nitrogens with zero attached hydrogens (tertiary/aromatic N) is 2. The van der Waals surface area contributed by atoms with Crippen molar-refractivity contribution in [1.82, 2.24) is 9.38 Å². The Morgan fingerprint density at radius 3 is 2.84 bits per heavy atom. The molecule has 96 valence electrons. The van der Waals surface area contributed by atoms with Crippen molar-refractivity contribution in [3.05, 3.63) is 64.8 Å². The topological polar surface area (TPSA) is 29.3 Å². The first kappa shape index (κ1) is 12.2. The third-order valence-corrected chi connectivity index (χ3v) is 3.27. The number of hydrogen-bond acceptors (Lipinski definition) is 2. The molecule has 0 radical (unpaired) electrons. The fourth-order valence-corrected chi connectivity index (χ4v) is 2.25. The molecule has 2 aromatic heterocycles. The van der Waals surface area contributed by atoms with Crippen molar-refractivity contribution in [2.45, 2.75) is 6.54 Å². The van der Waals surface area contributed by atoms with Crippen molar-refractivity contribution >= 4 is 27.3 Å². The van der Waals surface area contributed by atoms with Gasteiger partial charge in [0.2, 0.25) is 0 Å². The summed E-state index contributed by atoms with van der Waals surface area (Å²) in [7, 11) is 0. The monoisotopic (exact) mass is 319 g/mol. The molecule has 0 atom stereocenters. The van der Waals surface area contributed by atoms with Crippen LogP contribution in [0.15, 0.2) is 53.3 Å². The second-order valence-electron chi connectivity index (χ2n) is 4.18. The Bertz CT molecular complexity index is 724. The van der Waals surface area contributed by atoms with E-state index in [1.165, 1.54) is 6.07 Å². The van der Waals surface area contributed by atoms with Crippen LogP contribution in [0.1, 0.15) is 5.69 Å². The highest BCUT2D eigenvalue weighted by molar-refractivity contribution is 9.10. The molecule has 3 rings (SSSR count). The van der Waals surface area contributed by atoms with Crippen molar-refractivity contribution in [2.24, 2.45) is 0 Å². The van der Waals surface area contributed by atoms with E-state index < -0.39 is 0 Å². The van der Waals surface area contributed by atoms with Gasteiger partial charge in [-0.05, 0) is 40.2 Å². The maximum atomic E-state index is 13.5. The standard InChI is InChI=1S/C14H11BrFN3/c15-10-5-6-14-18-11(9-19(14)8-10)7-17-13-4-2-1-3-12(13)16/h1-6,8-9,17H,7H2. The summed E-state index contributed by atoms with van der Waals surface area (Å²) < 4.78 is 16.4. The van der Waals surface area contributed by atoms with E-state index in [-0.39, 0.29) is 5.82 Å². The molecule has 3 nitrogen and oxygen atoms in total. The first-order valence-electron chi connectivity index (χ1n) is 5.84. The highest BCUT2D eigenvalue weighted by atomic mass is 79.9. The van der Waals surface area contributed by atoms with E-state index in [2.05, 4.69) is 26.2 Å². The third-order valence-electron chi connectivity index (χ3n) is 2.80. The molecule has 0 aliphatic rings. The lowest BCUT2D eigenvalue weighted by Gasteiger charge is -2.04. The predicted octanol–water partition coefficient (Wildman–Crippen LogP) is 3.85. The SMILES string of the molecule is Fc1ccccc1NCc1cn2cc(Br)ccc2n1. The molecule has 1 aromatic carbocycles. The van der Waals surface area contributed by atoms with Gasteiger partial charge in [-0.2, -0.15) is 0 Å². The van der Waals surface area contributed by atoms with Crippen LogP contribution in [0.5, 0.6) is 0 Å². The highest BCUT2D eigenvalue weighted by Crippen LogP contribution is 2.15. The summed E-state index contributed by atoms with van der Waals surface area (Å²) in [5, 5.41) is 3.04. The van der Waals surface area contributed by atoms with Crippen molar-refractivity contribution in [1.29, 1.82) is 0 Å². The molecule has 5 heteroatoms. The highest BCUT2D eigenvalue weighted by Gasteiger charge is 2.04. The molecule has 2 heterocycles. The Morgan fingerprint density at radius 1 is 1.16 bits per heavy atom. The van der Waals surface area contributed by atoms with E-state index in [9.17, 15) is 4.39 Å². The van der Waals surface area contributed by atoms with Gasteiger partial charge in [0.25, 0.3) is 0 Å². The number of benzene rings is 1. The van der Waals surface area contributed by atoms with Crippen molar-refractivity contribution < 1.29 is 4.39 Å². The maximum absolute atomic E-state index is 13.5. The zero-order valence-corrected chi connectivity index (χ0v) is 11.6. The molecule has 0 spiro atoms. The summed E-state index contributed by atoms with van der Waals surface area (Å²) in [6, 6.07) is 10.5. The lowest BCUT2D eigenvalue weighted by Crippen LogP contribution is -2.01. The lowest BCUT2D eigenvalue weighted by atomic mass is 10.3. The maximum Gasteiger partial charge on any atom is 0.146 e. The Hall–Kier alpha value is -1.88. The van der Waals surface area contributed by atoms with Gasteiger partial charge in [-0.1, -0.05) is 12.1 Å². The minimum Gasteiger partial charge on any atom is -0.377 e. The predicted molar refractivity (Wildman–Crippen MR) is 76.6 cm³/mol. The number of anilines is 1. The summed E-state index contributed by atoms with van der Waals surface area (Å²) >= 11 is 3.41. The van der Waals surface area contributed by atoms with E-state index in [4.69, 9.17) is 0 Å². The van der Waals surface area contributed by atoms with Crippen molar-refractivity contribution in [3.8, 4) is 0 Å². The third kappa shape index (κ3) is 2.61. The van der Waals surface area contributed by atoms with Crippen LogP contribution in [0.4, 0.5) is 10.1 Å². The molecular weight excluding hydrogens is 309 g/mol. The fourth-order valence-electron chi connectivity index (χ4n) is 1.89. The molecule has 0 aliphatic carbocycles. The van der Waals surface area contributed by atoms with E-state index >= 15 is 0 Å². The number of hydrogen-bond donors (Lipinski definition) is 1. The van der Waals surface area contributed by atoms with Crippen molar-refractivity contribution in [2.75, 3.05) is 5.32 Å². The van der Waals surface area contributed by atoms with E-state index in [1.54, 1.807) is 18.2 Å². The first-order chi connectivity index (χ1) is 9.22.